The number of nitrogens with one attached hydrogen (secondary N) is 2. The van der Waals surface area contributed by atoms with Crippen LogP contribution in [0.5, 0.6) is 5.75 Å². The van der Waals surface area contributed by atoms with Crippen molar-refractivity contribution >= 4 is 5.91 Å². The molecule has 1 aliphatic carbocycles. The number of rotatable bonds is 7. The predicted octanol–water partition coefficient (Wildman–Crippen LogP) is 1.15. The van der Waals surface area contributed by atoms with Crippen LogP contribution in [0.2, 0.25) is 0 Å². The quantitative estimate of drug-likeness (QED) is 0.801. The Kier molecular flexibility index (Phi) is 5.20. The number of carbonyl (C=O) groups is 1. The van der Waals surface area contributed by atoms with Gasteiger partial charge in [-0.3, -0.25) is 4.79 Å². The summed E-state index contributed by atoms with van der Waals surface area (Å²) in [6.45, 7) is 0.550. The van der Waals surface area contributed by atoms with Crippen LogP contribution in [0, 0.1) is 0 Å². The molecule has 128 valence electrons. The zero-order chi connectivity index (χ0) is 16.9. The van der Waals surface area contributed by atoms with Crippen LogP contribution in [0.4, 0.5) is 0 Å². The molecule has 1 atom stereocenters. The van der Waals surface area contributed by atoms with E-state index in [2.05, 4.69) is 17.4 Å². The number of carbonyl (C=O) groups excluding carboxylic acids is 1. The van der Waals surface area contributed by atoms with Crippen molar-refractivity contribution in [3.63, 3.8) is 0 Å². The van der Waals surface area contributed by atoms with Crippen LogP contribution in [0.15, 0.2) is 41.0 Å². The first kappa shape index (κ1) is 16.6. The maximum absolute atomic E-state index is 12.1. The second kappa shape index (κ2) is 7.53. The summed E-state index contributed by atoms with van der Waals surface area (Å²) < 4.78 is 11.1. The fourth-order valence-electron chi connectivity index (χ4n) is 3.13. The molecule has 2 aromatic rings. The third kappa shape index (κ3) is 3.97. The molecule has 0 unspecified atom stereocenters. The number of amides is 1. The molecule has 0 spiro atoms. The summed E-state index contributed by atoms with van der Waals surface area (Å²) in [6, 6.07) is 10.0. The molecule has 1 aromatic carbocycles. The lowest BCUT2D eigenvalue weighted by Crippen LogP contribution is -3.07. The normalized spacial score (nSPS) is 14.5. The van der Waals surface area contributed by atoms with Gasteiger partial charge in [-0.2, -0.15) is 0 Å². The van der Waals surface area contributed by atoms with E-state index in [0.717, 1.165) is 24.4 Å². The summed E-state index contributed by atoms with van der Waals surface area (Å²) in [5.74, 6) is 1.52. The number of likely N-dealkylation sites (N-methyl/N-ethyl adjacent to an activating group) is 1. The van der Waals surface area contributed by atoms with Crippen molar-refractivity contribution in [2.45, 2.75) is 25.3 Å². The maximum atomic E-state index is 12.1. The van der Waals surface area contributed by atoms with Crippen molar-refractivity contribution in [2.24, 2.45) is 0 Å². The van der Waals surface area contributed by atoms with Crippen molar-refractivity contribution in [1.82, 2.24) is 5.32 Å². The van der Waals surface area contributed by atoms with Crippen LogP contribution < -0.4 is 15.0 Å². The lowest BCUT2D eigenvalue weighted by molar-refractivity contribution is -0.891. The van der Waals surface area contributed by atoms with Gasteiger partial charge < -0.3 is 19.4 Å². The van der Waals surface area contributed by atoms with Gasteiger partial charge in [0.1, 0.15) is 5.75 Å². The smallest absolute Gasteiger partial charge is 0.258 e. The molecule has 1 amide bonds. The van der Waals surface area contributed by atoms with Gasteiger partial charge in [0.25, 0.3) is 5.91 Å². The Morgan fingerprint density at radius 3 is 2.88 bits per heavy atom. The van der Waals surface area contributed by atoms with Crippen LogP contribution in [-0.4, -0.2) is 33.2 Å². The molecule has 1 heterocycles. The largest absolute Gasteiger partial charge is 0.484 e. The van der Waals surface area contributed by atoms with E-state index in [0.29, 0.717) is 6.54 Å². The Labute approximate surface area is 142 Å². The number of furan rings is 1. The standard InChI is InChI=1S/C19H24N2O3/c1-21(2)17(18-7-4-10-23-18)12-20-19(22)13-24-16-9-8-14-5-3-6-15(14)11-16/h4,7-11,17H,3,5-6,12-13H2,1-2H3,(H,20,22)/p+1/t17-/m1/s1. The molecule has 24 heavy (non-hydrogen) atoms. The van der Waals surface area contributed by atoms with Crippen molar-refractivity contribution < 1.29 is 18.8 Å². The molecule has 0 radical (unpaired) electrons. The summed E-state index contributed by atoms with van der Waals surface area (Å²) in [4.78, 5) is 13.3. The van der Waals surface area contributed by atoms with Crippen LogP contribution in [0.1, 0.15) is 29.3 Å². The fraction of sp³-hybridized carbons (Fsp3) is 0.421. The van der Waals surface area contributed by atoms with E-state index in [-0.39, 0.29) is 18.6 Å². The first-order valence-electron chi connectivity index (χ1n) is 8.48. The predicted molar refractivity (Wildman–Crippen MR) is 91.2 cm³/mol. The molecule has 1 aliphatic rings. The van der Waals surface area contributed by atoms with E-state index in [1.165, 1.54) is 22.4 Å². The highest BCUT2D eigenvalue weighted by atomic mass is 16.5. The lowest BCUT2D eigenvalue weighted by Gasteiger charge is -2.19. The first-order valence-corrected chi connectivity index (χ1v) is 8.48. The Bertz CT molecular complexity index is 680. The molecular formula is C19H25N2O3+. The number of ether oxygens (including phenoxy) is 1. The number of hydrogen-bond donors (Lipinski definition) is 2. The van der Waals surface area contributed by atoms with Crippen LogP contribution in [0.3, 0.4) is 0 Å². The second-order valence-corrected chi connectivity index (χ2v) is 6.52. The van der Waals surface area contributed by atoms with Crippen molar-refractivity contribution in [2.75, 3.05) is 27.2 Å². The summed E-state index contributed by atoms with van der Waals surface area (Å²) in [7, 11) is 4.08. The Balaban J connectivity index is 1.49. The van der Waals surface area contributed by atoms with Crippen LogP contribution in [0.25, 0.3) is 0 Å². The number of benzene rings is 1. The van der Waals surface area contributed by atoms with Crippen LogP contribution >= 0.6 is 0 Å². The highest BCUT2D eigenvalue weighted by Gasteiger charge is 2.21. The third-order valence-electron chi connectivity index (χ3n) is 4.53. The van der Waals surface area contributed by atoms with E-state index >= 15 is 0 Å². The molecule has 5 nitrogen and oxygen atoms in total. The SMILES string of the molecule is C[NH+](C)[C@H](CNC(=O)COc1ccc2c(c1)CCC2)c1ccco1. The molecule has 0 fully saturated rings. The van der Waals surface area contributed by atoms with Crippen molar-refractivity contribution in [3.05, 3.63) is 53.5 Å². The van der Waals surface area contributed by atoms with Gasteiger partial charge in [0.15, 0.2) is 18.4 Å². The highest BCUT2D eigenvalue weighted by molar-refractivity contribution is 5.77. The highest BCUT2D eigenvalue weighted by Crippen LogP contribution is 2.25. The summed E-state index contributed by atoms with van der Waals surface area (Å²) in [6.07, 6.45) is 5.12. The average Bonchev–Trinajstić information content (AvgIpc) is 3.23. The number of hydrogen-bond acceptors (Lipinski definition) is 3. The summed E-state index contributed by atoms with van der Waals surface area (Å²) >= 11 is 0. The molecule has 0 saturated carbocycles. The van der Waals surface area contributed by atoms with Gasteiger partial charge in [0, 0.05) is 0 Å². The molecule has 2 N–H and O–H groups in total. The van der Waals surface area contributed by atoms with Gasteiger partial charge >= 0.3 is 0 Å². The maximum Gasteiger partial charge on any atom is 0.258 e. The Morgan fingerprint density at radius 1 is 1.29 bits per heavy atom. The number of fused-ring (bicyclic) bond motifs is 1. The van der Waals surface area contributed by atoms with Gasteiger partial charge in [0.2, 0.25) is 0 Å². The van der Waals surface area contributed by atoms with Gasteiger partial charge in [-0.15, -0.1) is 0 Å². The summed E-state index contributed by atoms with van der Waals surface area (Å²) in [5, 5.41) is 2.93. The Hall–Kier alpha value is -2.27. The van der Waals surface area contributed by atoms with E-state index in [9.17, 15) is 4.79 Å². The van der Waals surface area contributed by atoms with Crippen LogP contribution in [-0.2, 0) is 17.6 Å². The topological polar surface area (TPSA) is 55.9 Å². The van der Waals surface area contributed by atoms with E-state index in [4.69, 9.17) is 9.15 Å². The summed E-state index contributed by atoms with van der Waals surface area (Å²) in [5.41, 5.74) is 2.75. The molecular weight excluding hydrogens is 304 g/mol. The fourth-order valence-corrected chi connectivity index (χ4v) is 3.13. The number of aryl methyl sites for hydroxylation is 2. The molecule has 3 rings (SSSR count). The number of quaternary nitrogens is 1. The molecule has 0 saturated heterocycles. The first-order chi connectivity index (χ1) is 11.6. The molecule has 0 aliphatic heterocycles. The molecule has 0 bridgehead atoms. The van der Waals surface area contributed by atoms with Gasteiger partial charge in [-0.1, -0.05) is 6.07 Å². The minimum absolute atomic E-state index is 0.0342. The monoisotopic (exact) mass is 329 g/mol. The van der Waals surface area contributed by atoms with Crippen molar-refractivity contribution in [3.8, 4) is 5.75 Å². The van der Waals surface area contributed by atoms with Gasteiger partial charge in [-0.25, -0.2) is 0 Å². The van der Waals surface area contributed by atoms with E-state index in [1.807, 2.05) is 32.3 Å². The van der Waals surface area contributed by atoms with Gasteiger partial charge in [-0.05, 0) is 54.7 Å². The van der Waals surface area contributed by atoms with E-state index < -0.39 is 0 Å². The minimum Gasteiger partial charge on any atom is -0.484 e. The average molecular weight is 329 g/mol. The van der Waals surface area contributed by atoms with Crippen molar-refractivity contribution in [1.29, 1.82) is 0 Å². The minimum atomic E-state index is -0.117. The molecule has 5 heteroatoms. The van der Waals surface area contributed by atoms with Gasteiger partial charge in [0.05, 0.1) is 26.9 Å². The second-order valence-electron chi connectivity index (χ2n) is 6.52. The molecule has 1 aromatic heterocycles. The lowest BCUT2D eigenvalue weighted by atomic mass is 10.1. The third-order valence-corrected chi connectivity index (χ3v) is 4.53. The Morgan fingerprint density at radius 2 is 2.12 bits per heavy atom. The van der Waals surface area contributed by atoms with E-state index in [1.54, 1.807) is 6.26 Å². The zero-order valence-corrected chi connectivity index (χ0v) is 14.3. The zero-order valence-electron chi connectivity index (χ0n) is 14.3.